The van der Waals surface area contributed by atoms with Gasteiger partial charge in [-0.1, -0.05) is 18.2 Å². The molecule has 2 fully saturated rings. The van der Waals surface area contributed by atoms with Gasteiger partial charge in [0.15, 0.2) is 5.13 Å². The van der Waals surface area contributed by atoms with E-state index in [1.54, 1.807) is 5.38 Å². The average Bonchev–Trinajstić information content (AvgIpc) is 3.29. The summed E-state index contributed by atoms with van der Waals surface area (Å²) >= 11 is 1.28. The van der Waals surface area contributed by atoms with Crippen molar-refractivity contribution in [3.8, 4) is 0 Å². The number of likely N-dealkylation sites (tertiary alicyclic amines) is 2. The fraction of sp³-hybridized carbons (Fsp3) is 0.389. The zero-order chi connectivity index (χ0) is 17.6. The molecule has 0 aliphatic carbocycles. The molecule has 25 heavy (non-hydrogen) atoms. The Bertz CT molecular complexity index is 834. The lowest BCUT2D eigenvalue weighted by Gasteiger charge is -2.24. The smallest absolute Gasteiger partial charge is 0.273 e. The third-order valence-corrected chi connectivity index (χ3v) is 5.89. The molecule has 2 atom stereocenters. The number of hydrogen-bond acceptors (Lipinski definition) is 5. The molecule has 1 aromatic heterocycles. The molecule has 2 amide bonds. The van der Waals surface area contributed by atoms with Crippen LogP contribution in [0.25, 0.3) is 0 Å². The summed E-state index contributed by atoms with van der Waals surface area (Å²) in [7, 11) is 0. The number of benzene rings is 1. The number of nitrogens with two attached hydrogens (primary N) is 1. The highest BCUT2D eigenvalue weighted by atomic mass is 32.1. The zero-order valence-electron chi connectivity index (χ0n) is 14.0. The molecule has 2 aliphatic heterocycles. The minimum atomic E-state index is -0.0781. The number of carbonyl (C=O) groups is 2. The number of nitrogen functional groups attached to an aromatic ring is 1. The lowest BCUT2D eigenvalue weighted by Crippen LogP contribution is -2.41. The van der Waals surface area contributed by atoms with Gasteiger partial charge in [-0.25, -0.2) is 4.98 Å². The Morgan fingerprint density at radius 1 is 1.24 bits per heavy atom. The lowest BCUT2D eigenvalue weighted by atomic mass is 10.1. The van der Waals surface area contributed by atoms with Crippen LogP contribution in [0.4, 0.5) is 5.13 Å². The summed E-state index contributed by atoms with van der Waals surface area (Å²) in [6, 6.07) is 7.72. The molecule has 2 N–H and O–H groups in total. The second-order valence-electron chi connectivity index (χ2n) is 6.71. The molecule has 1 aromatic carbocycles. The van der Waals surface area contributed by atoms with Crippen LogP contribution in [0.5, 0.6) is 0 Å². The van der Waals surface area contributed by atoms with Crippen molar-refractivity contribution in [2.75, 3.05) is 25.4 Å². The maximum Gasteiger partial charge on any atom is 0.273 e. The normalized spacial score (nSPS) is 22.3. The Hall–Kier alpha value is -2.41. The highest BCUT2D eigenvalue weighted by Gasteiger charge is 2.45. The first-order valence-electron chi connectivity index (χ1n) is 8.41. The molecule has 130 valence electrons. The van der Waals surface area contributed by atoms with E-state index >= 15 is 0 Å². The van der Waals surface area contributed by atoms with Gasteiger partial charge in [0.25, 0.3) is 11.8 Å². The van der Waals surface area contributed by atoms with Gasteiger partial charge in [-0.2, -0.15) is 0 Å². The van der Waals surface area contributed by atoms with Crippen molar-refractivity contribution in [1.82, 2.24) is 14.8 Å². The third-order valence-electron chi connectivity index (χ3n) is 5.21. The van der Waals surface area contributed by atoms with Crippen molar-refractivity contribution in [2.45, 2.75) is 19.4 Å². The SMILES string of the molecule is Cc1ccccc1C(=O)N1C[C@@H]2CCN(C(=O)c3csc(N)n3)[C@H]2C1. The first-order valence-corrected chi connectivity index (χ1v) is 9.29. The maximum absolute atomic E-state index is 12.8. The number of anilines is 1. The summed E-state index contributed by atoms with van der Waals surface area (Å²) in [5.41, 5.74) is 7.78. The van der Waals surface area contributed by atoms with E-state index < -0.39 is 0 Å². The molecule has 0 unspecified atom stereocenters. The number of rotatable bonds is 2. The number of aromatic nitrogens is 1. The monoisotopic (exact) mass is 356 g/mol. The molecule has 7 heteroatoms. The van der Waals surface area contributed by atoms with E-state index in [4.69, 9.17) is 5.73 Å². The van der Waals surface area contributed by atoms with Crippen molar-refractivity contribution in [3.05, 3.63) is 46.5 Å². The molecule has 4 rings (SSSR count). The zero-order valence-corrected chi connectivity index (χ0v) is 14.8. The Balaban J connectivity index is 1.51. The topological polar surface area (TPSA) is 79.5 Å². The van der Waals surface area contributed by atoms with Crippen molar-refractivity contribution in [1.29, 1.82) is 0 Å². The quantitative estimate of drug-likeness (QED) is 0.893. The summed E-state index contributed by atoms with van der Waals surface area (Å²) in [4.78, 5) is 33.4. The predicted molar refractivity (Wildman–Crippen MR) is 96.5 cm³/mol. The molecule has 2 saturated heterocycles. The molecule has 3 heterocycles. The second-order valence-corrected chi connectivity index (χ2v) is 7.60. The van der Waals surface area contributed by atoms with Gasteiger partial charge in [-0.05, 0) is 25.0 Å². The van der Waals surface area contributed by atoms with Crippen molar-refractivity contribution < 1.29 is 9.59 Å². The van der Waals surface area contributed by atoms with Gasteiger partial charge in [0, 0.05) is 36.5 Å². The molecule has 2 aromatic rings. The van der Waals surface area contributed by atoms with Crippen LogP contribution >= 0.6 is 11.3 Å². The van der Waals surface area contributed by atoms with Gasteiger partial charge >= 0.3 is 0 Å². The van der Waals surface area contributed by atoms with Gasteiger partial charge in [0.2, 0.25) is 0 Å². The van der Waals surface area contributed by atoms with E-state index in [2.05, 4.69) is 4.98 Å². The van der Waals surface area contributed by atoms with Crippen LogP contribution < -0.4 is 5.73 Å². The lowest BCUT2D eigenvalue weighted by molar-refractivity contribution is 0.0685. The van der Waals surface area contributed by atoms with Crippen LogP contribution in [0.15, 0.2) is 29.6 Å². The summed E-state index contributed by atoms with van der Waals surface area (Å²) in [6.45, 7) is 3.97. The first-order chi connectivity index (χ1) is 12.0. The number of fused-ring (bicyclic) bond motifs is 1. The minimum absolute atomic E-state index is 0.0535. The maximum atomic E-state index is 12.8. The Labute approximate surface area is 150 Å². The highest BCUT2D eigenvalue weighted by Crippen LogP contribution is 2.33. The second kappa shape index (κ2) is 6.15. The van der Waals surface area contributed by atoms with E-state index in [1.807, 2.05) is 41.0 Å². The standard InChI is InChI=1S/C18H20N4O2S/c1-11-4-2-3-5-13(11)16(23)21-8-12-6-7-22(15(12)9-21)17(24)14-10-25-18(19)20-14/h2-5,10,12,15H,6-9H2,1H3,(H2,19,20)/t12-,15-/m0/s1. The highest BCUT2D eigenvalue weighted by molar-refractivity contribution is 7.13. The van der Waals surface area contributed by atoms with Crippen molar-refractivity contribution >= 4 is 28.3 Å². The van der Waals surface area contributed by atoms with E-state index in [0.29, 0.717) is 29.8 Å². The largest absolute Gasteiger partial charge is 0.375 e. The van der Waals surface area contributed by atoms with Crippen LogP contribution in [0.2, 0.25) is 0 Å². The fourth-order valence-corrected chi connectivity index (χ4v) is 4.43. The molecular weight excluding hydrogens is 336 g/mol. The molecule has 0 radical (unpaired) electrons. The van der Waals surface area contributed by atoms with Crippen molar-refractivity contribution in [2.24, 2.45) is 5.92 Å². The number of amides is 2. The Morgan fingerprint density at radius 3 is 2.76 bits per heavy atom. The summed E-state index contributed by atoms with van der Waals surface area (Å²) in [6.07, 6.45) is 0.924. The van der Waals surface area contributed by atoms with Gasteiger partial charge in [-0.15, -0.1) is 11.3 Å². The van der Waals surface area contributed by atoms with Crippen LogP contribution in [-0.4, -0.2) is 52.3 Å². The van der Waals surface area contributed by atoms with Gasteiger partial charge in [0.1, 0.15) is 5.69 Å². The van der Waals surface area contributed by atoms with Crippen LogP contribution in [0.3, 0.4) is 0 Å². The fourth-order valence-electron chi connectivity index (χ4n) is 3.90. The van der Waals surface area contributed by atoms with E-state index in [1.165, 1.54) is 11.3 Å². The number of nitrogens with zero attached hydrogens (tertiary/aromatic N) is 3. The molecule has 6 nitrogen and oxygen atoms in total. The van der Waals surface area contributed by atoms with Crippen LogP contribution in [0.1, 0.15) is 32.8 Å². The summed E-state index contributed by atoms with van der Waals surface area (Å²) in [5.74, 6) is 0.316. The first kappa shape index (κ1) is 16.1. The molecule has 0 bridgehead atoms. The molecule has 0 saturated carbocycles. The van der Waals surface area contributed by atoms with E-state index in [-0.39, 0.29) is 17.9 Å². The minimum Gasteiger partial charge on any atom is -0.375 e. The van der Waals surface area contributed by atoms with Gasteiger partial charge in [0.05, 0.1) is 6.04 Å². The molecule has 2 aliphatic rings. The predicted octanol–water partition coefficient (Wildman–Crippen LogP) is 2.02. The Kier molecular flexibility index (Phi) is 3.95. The number of hydrogen-bond donors (Lipinski definition) is 1. The van der Waals surface area contributed by atoms with E-state index in [9.17, 15) is 9.59 Å². The third kappa shape index (κ3) is 2.78. The van der Waals surface area contributed by atoms with Crippen molar-refractivity contribution in [3.63, 3.8) is 0 Å². The van der Waals surface area contributed by atoms with Crippen LogP contribution in [0, 0.1) is 12.8 Å². The number of aryl methyl sites for hydroxylation is 1. The summed E-state index contributed by atoms with van der Waals surface area (Å²) in [5, 5.41) is 2.11. The number of thiazole rings is 1. The molecule has 0 spiro atoms. The average molecular weight is 356 g/mol. The number of carbonyl (C=O) groups excluding carboxylic acids is 2. The van der Waals surface area contributed by atoms with Crippen LogP contribution in [-0.2, 0) is 0 Å². The van der Waals surface area contributed by atoms with Gasteiger partial charge < -0.3 is 15.5 Å². The van der Waals surface area contributed by atoms with E-state index in [0.717, 1.165) is 24.1 Å². The summed E-state index contributed by atoms with van der Waals surface area (Å²) < 4.78 is 0. The Morgan fingerprint density at radius 2 is 2.04 bits per heavy atom. The molecular formula is C18H20N4O2S. The van der Waals surface area contributed by atoms with Gasteiger partial charge in [-0.3, -0.25) is 9.59 Å².